The minimum absolute atomic E-state index is 0. The maximum absolute atomic E-state index is 12.7. The minimum Gasteiger partial charge on any atom is -0.460 e. The Hall–Kier alpha value is -5.76. The number of hydrogen-bond donors (Lipinski definition) is 1. The van der Waals surface area contributed by atoms with E-state index in [-0.39, 0.29) is 54.9 Å². The molecule has 0 unspecified atom stereocenters. The molecule has 13 nitrogen and oxygen atoms in total. The predicted molar refractivity (Wildman–Crippen MR) is 249 cm³/mol. The van der Waals surface area contributed by atoms with E-state index in [9.17, 15) is 24.0 Å². The number of aldehydes is 1. The van der Waals surface area contributed by atoms with Crippen molar-refractivity contribution in [2.24, 2.45) is 11.8 Å². The van der Waals surface area contributed by atoms with Crippen molar-refractivity contribution in [2.45, 2.75) is 112 Å². The fourth-order valence-electron chi connectivity index (χ4n) is 5.71. The van der Waals surface area contributed by atoms with E-state index >= 15 is 0 Å². The molecule has 0 heterocycles. The molecular weight excluding hydrogens is 840 g/mol. The minimum atomic E-state index is -0.758. The third kappa shape index (κ3) is 23.1. The lowest BCUT2D eigenvalue weighted by Crippen LogP contribution is -2.43. The normalized spacial score (nSPS) is 11.9. The average Bonchev–Trinajstić information content (AvgIpc) is 3.20. The van der Waals surface area contributed by atoms with Gasteiger partial charge in [-0.3, -0.25) is 19.3 Å². The number of ether oxygens (including phenoxy) is 6. The lowest BCUT2D eigenvalue weighted by Gasteiger charge is -2.29. The summed E-state index contributed by atoms with van der Waals surface area (Å²) in [4.78, 5) is 59.9. The Morgan fingerprint density at radius 2 is 1.00 bits per heavy atom. The van der Waals surface area contributed by atoms with Gasteiger partial charge < -0.3 is 33.7 Å². The van der Waals surface area contributed by atoms with Crippen molar-refractivity contribution in [1.82, 2.24) is 10.2 Å². The van der Waals surface area contributed by atoms with Crippen LogP contribution in [0.5, 0.6) is 11.5 Å². The molecule has 0 aliphatic heterocycles. The summed E-state index contributed by atoms with van der Waals surface area (Å²) in [6.07, 6.45) is -0.776. The van der Waals surface area contributed by atoms with E-state index in [0.717, 1.165) is 23.0 Å². The van der Waals surface area contributed by atoms with Gasteiger partial charge in [0.2, 0.25) is 0 Å². The van der Waals surface area contributed by atoms with E-state index < -0.39 is 23.5 Å². The van der Waals surface area contributed by atoms with Crippen LogP contribution in [0.1, 0.15) is 96.3 Å². The first-order valence-electron chi connectivity index (χ1n) is 20.8. The second kappa shape index (κ2) is 28.1. The zero-order valence-corrected chi connectivity index (χ0v) is 40.1. The van der Waals surface area contributed by atoms with Crippen LogP contribution >= 0.6 is 12.4 Å². The molecule has 350 valence electrons. The molecule has 0 bridgehead atoms. The lowest BCUT2D eigenvalue weighted by atomic mass is 10.0. The van der Waals surface area contributed by atoms with Gasteiger partial charge in [-0.15, -0.1) is 12.4 Å². The van der Waals surface area contributed by atoms with Crippen molar-refractivity contribution in [3.63, 3.8) is 0 Å². The maximum atomic E-state index is 12.7. The Morgan fingerprint density at radius 1 is 0.594 bits per heavy atom. The summed E-state index contributed by atoms with van der Waals surface area (Å²) in [5, 5.41) is 2.96. The predicted octanol–water partition coefficient (Wildman–Crippen LogP) is 10.4. The summed E-state index contributed by atoms with van der Waals surface area (Å²) in [6.45, 7) is 19.7. The summed E-state index contributed by atoms with van der Waals surface area (Å²) in [6, 6.07) is 32.1. The van der Waals surface area contributed by atoms with Crippen LogP contribution in [-0.2, 0) is 48.3 Å². The van der Waals surface area contributed by atoms with Crippen LogP contribution in [0.2, 0.25) is 0 Å². The number of rotatable bonds is 15. The van der Waals surface area contributed by atoms with Crippen LogP contribution in [-0.4, -0.2) is 72.8 Å². The summed E-state index contributed by atoms with van der Waals surface area (Å²) >= 11 is 0. The van der Waals surface area contributed by atoms with Crippen molar-refractivity contribution in [3.8, 4) is 11.5 Å². The molecular formula is C50H67ClN2O11. The Morgan fingerprint density at radius 3 is 1.36 bits per heavy atom. The van der Waals surface area contributed by atoms with Gasteiger partial charge in [-0.05, 0) is 121 Å². The third-order valence-electron chi connectivity index (χ3n) is 8.58. The van der Waals surface area contributed by atoms with E-state index in [1.807, 2.05) is 112 Å². The highest BCUT2D eigenvalue weighted by molar-refractivity contribution is 5.85. The second-order valence-corrected chi connectivity index (χ2v) is 17.3. The third-order valence-corrected chi connectivity index (χ3v) is 8.58. The van der Waals surface area contributed by atoms with E-state index in [2.05, 4.69) is 5.32 Å². The Balaban J connectivity index is 0.000000524. The molecule has 64 heavy (non-hydrogen) atoms. The van der Waals surface area contributed by atoms with Gasteiger partial charge in [0.05, 0.1) is 0 Å². The standard InChI is InChI=1S/C25H33NO5.C13H19NO2.C12H14O4.ClH/c1-18(2)22(23(27)29-17-20-10-8-7-9-11-20)26(6)16-19-12-14-21(15-13-19)30-24(28)31-25(3,4)5;1-10(2)12(14-3)13(15)16-9-11-7-5-4-6-8-11;1-12(2,3)16-11(14)15-10-6-4-9(8-13)5-7-10;/h7-15,18,22H,16-17H2,1-6H3;4-8,10,12,14H,9H2,1-3H3;4-8H,1-3H3;1H/t22-;12-;;/m00../s1. The number of likely N-dealkylation sites (N-methyl/N-ethyl adjacent to an activating group) is 2. The SMILES string of the molecule is CC(C)(C)OC(=O)Oc1ccc(C=O)cc1.CC(C)[C@@H](C(=O)OCc1ccccc1)N(C)Cc1ccc(OC(=O)OC(C)(C)C)cc1.CN[C@H](C(=O)OCc1ccccc1)C(C)C.Cl. The number of carbonyl (C=O) groups excluding carboxylic acids is 5. The molecule has 0 saturated carbocycles. The quantitative estimate of drug-likeness (QED) is 0.0521. The number of nitrogens with one attached hydrogen (secondary N) is 1. The van der Waals surface area contributed by atoms with E-state index in [4.69, 9.17) is 28.4 Å². The van der Waals surface area contributed by atoms with Crippen molar-refractivity contribution in [3.05, 3.63) is 131 Å². The molecule has 0 spiro atoms. The topological polar surface area (TPSA) is 156 Å². The van der Waals surface area contributed by atoms with E-state index in [1.54, 1.807) is 72.9 Å². The summed E-state index contributed by atoms with van der Waals surface area (Å²) in [5.41, 5.74) is 2.29. The van der Waals surface area contributed by atoms with Gasteiger partial charge >= 0.3 is 24.2 Å². The Bertz CT molecular complexity index is 1980. The smallest absolute Gasteiger partial charge is 0.460 e. The monoisotopic (exact) mass is 906 g/mol. The number of esters is 2. The first-order chi connectivity index (χ1) is 29.6. The van der Waals surface area contributed by atoms with Gasteiger partial charge in [-0.2, -0.15) is 0 Å². The summed E-state index contributed by atoms with van der Waals surface area (Å²) in [7, 11) is 3.67. The first-order valence-corrected chi connectivity index (χ1v) is 20.8. The number of carbonyl (C=O) groups is 5. The molecule has 14 heteroatoms. The maximum Gasteiger partial charge on any atom is 0.514 e. The van der Waals surface area contributed by atoms with Crippen LogP contribution in [0.4, 0.5) is 9.59 Å². The van der Waals surface area contributed by atoms with Crippen molar-refractivity contribution >= 4 is 42.9 Å². The summed E-state index contributed by atoms with van der Waals surface area (Å²) in [5.74, 6) is 0.632. The molecule has 0 amide bonds. The molecule has 0 aliphatic carbocycles. The van der Waals surface area contributed by atoms with E-state index in [0.29, 0.717) is 30.2 Å². The van der Waals surface area contributed by atoms with Crippen molar-refractivity contribution in [2.75, 3.05) is 14.1 Å². The van der Waals surface area contributed by atoms with E-state index in [1.165, 1.54) is 12.1 Å². The van der Waals surface area contributed by atoms with Gasteiger partial charge in [-0.1, -0.05) is 100 Å². The van der Waals surface area contributed by atoms with Crippen molar-refractivity contribution in [1.29, 1.82) is 0 Å². The molecule has 0 radical (unpaired) electrons. The zero-order valence-electron chi connectivity index (χ0n) is 39.2. The van der Waals surface area contributed by atoms with Gasteiger partial charge in [0.25, 0.3) is 0 Å². The number of halogens is 1. The Kier molecular flexibility index (Phi) is 24.7. The second-order valence-electron chi connectivity index (χ2n) is 17.3. The van der Waals surface area contributed by atoms with Gasteiger partial charge in [0.1, 0.15) is 54.3 Å². The van der Waals surface area contributed by atoms with Crippen LogP contribution in [0.3, 0.4) is 0 Å². The van der Waals surface area contributed by atoms with Crippen LogP contribution in [0.15, 0.2) is 109 Å². The number of hydrogen-bond acceptors (Lipinski definition) is 13. The highest BCUT2D eigenvalue weighted by Gasteiger charge is 2.28. The molecule has 0 aliphatic rings. The fraction of sp³-hybridized carbons (Fsp3) is 0.420. The van der Waals surface area contributed by atoms with Gasteiger partial charge in [-0.25, -0.2) is 9.59 Å². The highest BCUT2D eigenvalue weighted by Crippen LogP contribution is 2.20. The van der Waals surface area contributed by atoms with Crippen molar-refractivity contribution < 1.29 is 52.4 Å². The van der Waals surface area contributed by atoms with Crippen LogP contribution in [0.25, 0.3) is 0 Å². The molecule has 0 aromatic heterocycles. The lowest BCUT2D eigenvalue weighted by molar-refractivity contribution is -0.153. The first kappa shape index (κ1) is 56.3. The molecule has 4 aromatic carbocycles. The largest absolute Gasteiger partial charge is 0.514 e. The fourth-order valence-corrected chi connectivity index (χ4v) is 5.71. The molecule has 0 fully saturated rings. The summed E-state index contributed by atoms with van der Waals surface area (Å²) < 4.78 is 31.0. The number of nitrogens with zero attached hydrogens (tertiary/aromatic N) is 1. The van der Waals surface area contributed by atoms with Gasteiger partial charge in [0.15, 0.2) is 0 Å². The highest BCUT2D eigenvalue weighted by atomic mass is 35.5. The molecule has 1 N–H and O–H groups in total. The van der Waals surface area contributed by atoms with Gasteiger partial charge in [0, 0.05) is 12.1 Å². The Labute approximate surface area is 385 Å². The molecule has 4 rings (SSSR count). The number of benzene rings is 4. The van der Waals surface area contributed by atoms with Crippen LogP contribution in [0, 0.1) is 11.8 Å². The molecule has 0 saturated heterocycles. The zero-order chi connectivity index (χ0) is 47.2. The molecule has 2 atom stereocenters. The average molecular weight is 908 g/mol. The van der Waals surface area contributed by atoms with Crippen LogP contribution < -0.4 is 14.8 Å². The molecule has 4 aromatic rings.